The predicted octanol–water partition coefficient (Wildman–Crippen LogP) is 4.62. The van der Waals surface area contributed by atoms with Crippen molar-refractivity contribution in [3.05, 3.63) is 66.1 Å². The fourth-order valence-corrected chi connectivity index (χ4v) is 3.82. The Morgan fingerprint density at radius 3 is 2.66 bits per heavy atom. The third-order valence-corrected chi connectivity index (χ3v) is 5.44. The first-order chi connectivity index (χ1) is 14.2. The molecule has 1 aliphatic heterocycles. The van der Waals surface area contributed by atoms with Gasteiger partial charge in [-0.1, -0.05) is 43.3 Å². The first-order valence-corrected chi connectivity index (χ1v) is 10.4. The molecule has 1 fully saturated rings. The first kappa shape index (κ1) is 19.5. The molecule has 1 saturated heterocycles. The Bertz CT molecular complexity index is 940. The molecule has 1 amide bonds. The van der Waals surface area contributed by atoms with E-state index in [0.29, 0.717) is 5.76 Å². The third-order valence-electron chi connectivity index (χ3n) is 5.44. The van der Waals surface area contributed by atoms with Crippen LogP contribution in [0.15, 0.2) is 59.2 Å². The highest BCUT2D eigenvalue weighted by Gasteiger charge is 2.23. The van der Waals surface area contributed by atoms with Gasteiger partial charge < -0.3 is 14.5 Å². The predicted molar refractivity (Wildman–Crippen MR) is 114 cm³/mol. The van der Waals surface area contributed by atoms with E-state index < -0.39 is 0 Å². The second kappa shape index (κ2) is 9.14. The number of furan rings is 1. The number of rotatable bonds is 7. The van der Waals surface area contributed by atoms with E-state index in [1.807, 2.05) is 36.4 Å². The maximum Gasteiger partial charge on any atom is 0.287 e. The molecule has 1 N–H and O–H groups in total. The van der Waals surface area contributed by atoms with Crippen LogP contribution in [0.1, 0.15) is 42.3 Å². The summed E-state index contributed by atoms with van der Waals surface area (Å²) in [5.41, 5.74) is 1.29. The number of nitrogens with one attached hydrogen (secondary N) is 1. The average molecular weight is 392 g/mol. The highest BCUT2D eigenvalue weighted by molar-refractivity contribution is 6.04. The third kappa shape index (κ3) is 4.80. The normalized spacial score (nSPS) is 15.5. The van der Waals surface area contributed by atoms with Crippen molar-refractivity contribution < 1.29 is 13.9 Å². The van der Waals surface area contributed by atoms with Crippen LogP contribution in [0.3, 0.4) is 0 Å². The fraction of sp³-hybridized carbons (Fsp3) is 0.375. The molecule has 3 aromatic rings. The van der Waals surface area contributed by atoms with E-state index in [0.717, 1.165) is 62.0 Å². The fourth-order valence-electron chi connectivity index (χ4n) is 3.82. The lowest BCUT2D eigenvalue weighted by Gasteiger charge is -2.32. The number of carbonyl (C=O) groups is 1. The summed E-state index contributed by atoms with van der Waals surface area (Å²) in [6.45, 7) is 5.73. The van der Waals surface area contributed by atoms with Gasteiger partial charge in [-0.05, 0) is 37.0 Å². The molecule has 152 valence electrons. The SMILES string of the molecule is CCCOc1ccc(CN2CCC(NC(=O)c3occ4ccccc34)CC2)cc1. The zero-order chi connectivity index (χ0) is 20.1. The zero-order valence-electron chi connectivity index (χ0n) is 16.9. The number of piperidine rings is 1. The van der Waals surface area contributed by atoms with Crippen molar-refractivity contribution in [2.75, 3.05) is 19.7 Å². The molecule has 0 spiro atoms. The van der Waals surface area contributed by atoms with Crippen LogP contribution in [0.5, 0.6) is 5.75 Å². The van der Waals surface area contributed by atoms with Crippen LogP contribution in [0.4, 0.5) is 0 Å². The van der Waals surface area contributed by atoms with E-state index in [2.05, 4.69) is 29.3 Å². The average Bonchev–Trinajstić information content (AvgIpc) is 3.19. The minimum absolute atomic E-state index is 0.118. The Kier molecular flexibility index (Phi) is 6.15. The van der Waals surface area contributed by atoms with Crippen molar-refractivity contribution in [2.24, 2.45) is 0 Å². The quantitative estimate of drug-likeness (QED) is 0.638. The van der Waals surface area contributed by atoms with Gasteiger partial charge in [-0.15, -0.1) is 0 Å². The molecule has 0 radical (unpaired) electrons. The molecule has 1 aliphatic rings. The van der Waals surface area contributed by atoms with Crippen LogP contribution < -0.4 is 10.1 Å². The van der Waals surface area contributed by atoms with Gasteiger partial charge in [0.25, 0.3) is 5.91 Å². The summed E-state index contributed by atoms with van der Waals surface area (Å²) in [5.74, 6) is 1.23. The molecular formula is C24H28N2O3. The van der Waals surface area contributed by atoms with E-state index in [1.54, 1.807) is 6.26 Å². The van der Waals surface area contributed by atoms with Crippen molar-refractivity contribution in [1.29, 1.82) is 0 Å². The summed E-state index contributed by atoms with van der Waals surface area (Å²) in [6.07, 6.45) is 4.55. The molecule has 2 aromatic carbocycles. The first-order valence-electron chi connectivity index (χ1n) is 10.4. The van der Waals surface area contributed by atoms with Gasteiger partial charge in [-0.25, -0.2) is 0 Å². The lowest BCUT2D eigenvalue weighted by atomic mass is 10.0. The van der Waals surface area contributed by atoms with Gasteiger partial charge in [-0.2, -0.15) is 0 Å². The second-order valence-electron chi connectivity index (χ2n) is 7.67. The topological polar surface area (TPSA) is 54.7 Å². The number of hydrogen-bond donors (Lipinski definition) is 1. The smallest absolute Gasteiger partial charge is 0.287 e. The Morgan fingerprint density at radius 1 is 1.14 bits per heavy atom. The molecule has 1 aromatic heterocycles. The van der Waals surface area contributed by atoms with E-state index in [9.17, 15) is 4.79 Å². The number of ether oxygens (including phenoxy) is 1. The highest BCUT2D eigenvalue weighted by atomic mass is 16.5. The summed E-state index contributed by atoms with van der Waals surface area (Å²) < 4.78 is 11.2. The maximum absolute atomic E-state index is 12.6. The molecule has 0 bridgehead atoms. The Labute approximate surface area is 171 Å². The number of benzene rings is 2. The number of hydrogen-bond acceptors (Lipinski definition) is 4. The minimum Gasteiger partial charge on any atom is -0.494 e. The molecule has 5 heteroatoms. The van der Waals surface area contributed by atoms with Crippen molar-refractivity contribution in [3.63, 3.8) is 0 Å². The van der Waals surface area contributed by atoms with Gasteiger partial charge in [0.05, 0.1) is 12.9 Å². The number of fused-ring (bicyclic) bond motifs is 1. The monoisotopic (exact) mass is 392 g/mol. The van der Waals surface area contributed by atoms with Crippen molar-refractivity contribution in [1.82, 2.24) is 10.2 Å². The summed E-state index contributed by atoms with van der Waals surface area (Å²) in [7, 11) is 0. The van der Waals surface area contributed by atoms with Crippen LogP contribution in [0.2, 0.25) is 0 Å². The molecule has 0 atom stereocenters. The maximum atomic E-state index is 12.6. The van der Waals surface area contributed by atoms with E-state index in [1.165, 1.54) is 5.56 Å². The standard InChI is InChI=1S/C24H28N2O3/c1-2-15-28-21-9-7-18(8-10-21)16-26-13-11-20(12-14-26)25-24(27)23-22-6-4-3-5-19(22)17-29-23/h3-10,17,20H,2,11-16H2,1H3,(H,25,27). The van der Waals surface area contributed by atoms with E-state index >= 15 is 0 Å². The Balaban J connectivity index is 1.26. The molecule has 2 heterocycles. The van der Waals surface area contributed by atoms with Gasteiger partial charge >= 0.3 is 0 Å². The van der Waals surface area contributed by atoms with Crippen molar-refractivity contribution in [2.45, 2.75) is 38.8 Å². The van der Waals surface area contributed by atoms with Crippen LogP contribution in [-0.2, 0) is 6.54 Å². The summed E-state index contributed by atoms with van der Waals surface area (Å²) in [6, 6.07) is 16.3. The van der Waals surface area contributed by atoms with E-state index in [4.69, 9.17) is 9.15 Å². The van der Waals surface area contributed by atoms with Gasteiger partial charge in [0.2, 0.25) is 0 Å². The number of likely N-dealkylation sites (tertiary alicyclic amines) is 1. The van der Waals surface area contributed by atoms with Crippen molar-refractivity contribution in [3.8, 4) is 5.75 Å². The van der Waals surface area contributed by atoms with Crippen LogP contribution >= 0.6 is 0 Å². The van der Waals surface area contributed by atoms with E-state index in [-0.39, 0.29) is 11.9 Å². The Morgan fingerprint density at radius 2 is 1.90 bits per heavy atom. The Hall–Kier alpha value is -2.79. The summed E-state index contributed by atoms with van der Waals surface area (Å²) >= 11 is 0. The zero-order valence-corrected chi connectivity index (χ0v) is 16.9. The minimum atomic E-state index is -0.118. The molecule has 0 aliphatic carbocycles. The number of amides is 1. The van der Waals surface area contributed by atoms with Crippen LogP contribution in [0.25, 0.3) is 10.8 Å². The molecule has 29 heavy (non-hydrogen) atoms. The molecule has 0 unspecified atom stereocenters. The second-order valence-corrected chi connectivity index (χ2v) is 7.67. The van der Waals surface area contributed by atoms with Gasteiger partial charge in [0, 0.05) is 36.4 Å². The lowest BCUT2D eigenvalue weighted by molar-refractivity contribution is 0.0883. The molecular weight excluding hydrogens is 364 g/mol. The highest BCUT2D eigenvalue weighted by Crippen LogP contribution is 2.22. The number of nitrogens with zero attached hydrogens (tertiary/aromatic N) is 1. The van der Waals surface area contributed by atoms with Crippen molar-refractivity contribution >= 4 is 16.7 Å². The van der Waals surface area contributed by atoms with Gasteiger partial charge in [0.1, 0.15) is 5.75 Å². The summed E-state index contributed by atoms with van der Waals surface area (Å²) in [4.78, 5) is 15.1. The molecule has 4 rings (SSSR count). The van der Waals surface area contributed by atoms with Crippen LogP contribution in [-0.4, -0.2) is 36.5 Å². The van der Waals surface area contributed by atoms with Crippen LogP contribution in [0, 0.1) is 0 Å². The molecule has 5 nitrogen and oxygen atoms in total. The van der Waals surface area contributed by atoms with Gasteiger partial charge in [-0.3, -0.25) is 9.69 Å². The summed E-state index contributed by atoms with van der Waals surface area (Å²) in [5, 5.41) is 4.98. The number of carbonyl (C=O) groups excluding carboxylic acids is 1. The lowest BCUT2D eigenvalue weighted by Crippen LogP contribution is -2.44. The molecule has 0 saturated carbocycles. The largest absolute Gasteiger partial charge is 0.494 e. The van der Waals surface area contributed by atoms with Gasteiger partial charge in [0.15, 0.2) is 5.76 Å².